The molecule has 2 aliphatic heterocycles. The third-order valence-corrected chi connectivity index (χ3v) is 4.79. The van der Waals surface area contributed by atoms with Crippen molar-refractivity contribution in [3.8, 4) is 11.4 Å². The predicted molar refractivity (Wildman–Crippen MR) is 85.8 cm³/mol. The van der Waals surface area contributed by atoms with Gasteiger partial charge in [-0.25, -0.2) is 0 Å². The summed E-state index contributed by atoms with van der Waals surface area (Å²) in [4.78, 5) is 16.6. The van der Waals surface area contributed by atoms with E-state index < -0.39 is 0 Å². The van der Waals surface area contributed by atoms with Crippen molar-refractivity contribution in [2.75, 3.05) is 33.4 Å². The molecule has 3 heterocycles. The molecule has 1 N–H and O–H groups in total. The second-order valence-corrected chi connectivity index (χ2v) is 6.46. The summed E-state index contributed by atoms with van der Waals surface area (Å²) in [6, 6.07) is 8.28. The lowest BCUT2D eigenvalue weighted by Gasteiger charge is -2.29. The molecule has 2 aromatic rings. The van der Waals surface area contributed by atoms with Gasteiger partial charge in [-0.15, -0.1) is 10.2 Å². The number of benzene rings is 1. The third-order valence-electron chi connectivity index (χ3n) is 4.79. The maximum Gasteiger partial charge on any atom is 0.229 e. The van der Waals surface area contributed by atoms with Gasteiger partial charge in [0.15, 0.2) is 0 Å². The summed E-state index contributed by atoms with van der Waals surface area (Å²) >= 11 is 0. The zero-order valence-electron chi connectivity index (χ0n) is 13.6. The highest BCUT2D eigenvalue weighted by Gasteiger charge is 2.37. The van der Waals surface area contributed by atoms with Gasteiger partial charge >= 0.3 is 0 Å². The lowest BCUT2D eigenvalue weighted by molar-refractivity contribution is -0.133. The number of nitrogens with zero attached hydrogens (tertiary/aromatic N) is 5. The largest absolute Gasteiger partial charge is 0.378 e. The van der Waals surface area contributed by atoms with E-state index in [-0.39, 0.29) is 17.9 Å². The summed E-state index contributed by atoms with van der Waals surface area (Å²) in [6.07, 6.45) is 0. The molecule has 0 radical (unpaired) electrons. The number of ether oxygens (including phenoxy) is 1. The lowest BCUT2D eigenvalue weighted by atomic mass is 10.1. The van der Waals surface area contributed by atoms with Gasteiger partial charge in [-0.1, -0.05) is 24.3 Å². The second-order valence-electron chi connectivity index (χ2n) is 6.46. The highest BCUT2D eigenvalue weighted by molar-refractivity contribution is 5.79. The van der Waals surface area contributed by atoms with Crippen LogP contribution in [0, 0.1) is 5.92 Å². The van der Waals surface area contributed by atoms with Crippen LogP contribution in [-0.4, -0.2) is 75.7 Å². The first-order valence-electron chi connectivity index (χ1n) is 8.10. The average Bonchev–Trinajstić information content (AvgIpc) is 3.04. The van der Waals surface area contributed by atoms with Gasteiger partial charge in [-0.05, 0) is 10.8 Å². The van der Waals surface area contributed by atoms with E-state index in [1.807, 2.05) is 24.1 Å². The van der Waals surface area contributed by atoms with E-state index in [1.54, 1.807) is 0 Å². The molecule has 2 saturated heterocycles. The van der Waals surface area contributed by atoms with E-state index in [0.29, 0.717) is 19.0 Å². The van der Waals surface area contributed by atoms with Crippen molar-refractivity contribution in [1.29, 1.82) is 0 Å². The molecule has 0 unspecified atom stereocenters. The highest BCUT2D eigenvalue weighted by atomic mass is 16.5. The molecule has 8 nitrogen and oxygen atoms in total. The minimum Gasteiger partial charge on any atom is -0.378 e. The van der Waals surface area contributed by atoms with Crippen LogP contribution in [0.4, 0.5) is 0 Å². The van der Waals surface area contributed by atoms with E-state index in [1.165, 1.54) is 5.56 Å². The van der Waals surface area contributed by atoms with Gasteiger partial charge in [0.25, 0.3) is 0 Å². The van der Waals surface area contributed by atoms with Crippen LogP contribution in [0.15, 0.2) is 24.3 Å². The van der Waals surface area contributed by atoms with Crippen LogP contribution in [-0.2, 0) is 16.1 Å². The number of nitrogens with one attached hydrogen (secondary N) is 1. The van der Waals surface area contributed by atoms with Gasteiger partial charge in [0.05, 0.1) is 25.2 Å². The first-order valence-corrected chi connectivity index (χ1v) is 8.10. The number of carbonyl (C=O) groups excluding carboxylic acids is 1. The van der Waals surface area contributed by atoms with Crippen LogP contribution >= 0.6 is 0 Å². The molecular weight excluding hydrogens is 308 g/mol. The first kappa shape index (κ1) is 15.2. The number of hydrogen-bond donors (Lipinski definition) is 1. The fourth-order valence-corrected chi connectivity index (χ4v) is 3.42. The third kappa shape index (κ3) is 2.90. The molecule has 24 heavy (non-hydrogen) atoms. The van der Waals surface area contributed by atoms with E-state index in [2.05, 4.69) is 37.7 Å². The molecule has 0 saturated carbocycles. The minimum absolute atomic E-state index is 0.0684. The van der Waals surface area contributed by atoms with Gasteiger partial charge in [0, 0.05) is 32.2 Å². The lowest BCUT2D eigenvalue weighted by Crippen LogP contribution is -2.42. The number of fused-ring (bicyclic) bond motifs is 3. The van der Waals surface area contributed by atoms with Crippen molar-refractivity contribution in [1.82, 2.24) is 30.4 Å². The summed E-state index contributed by atoms with van der Waals surface area (Å²) in [6.45, 7) is 3.54. The second kappa shape index (κ2) is 6.29. The Morgan fingerprint density at radius 1 is 1.25 bits per heavy atom. The molecule has 2 fully saturated rings. The summed E-state index contributed by atoms with van der Waals surface area (Å²) < 4.78 is 5.65. The Hall–Kier alpha value is -2.32. The number of H-pyrrole nitrogens is 1. The van der Waals surface area contributed by atoms with Crippen molar-refractivity contribution in [3.63, 3.8) is 0 Å². The van der Waals surface area contributed by atoms with Gasteiger partial charge < -0.3 is 9.64 Å². The van der Waals surface area contributed by atoms with Crippen LogP contribution < -0.4 is 0 Å². The summed E-state index contributed by atoms with van der Waals surface area (Å²) in [7, 11) is 1.89. The number of tetrazole rings is 1. The Balaban J connectivity index is 1.48. The SMILES string of the molecule is CN1C(=O)[C@H]2COC[C@@H]1CN(Cc1ccc(-c3nn[nH]n3)cc1)C2. The number of aromatic amines is 1. The smallest absolute Gasteiger partial charge is 0.229 e. The molecule has 2 bridgehead atoms. The molecule has 126 valence electrons. The topological polar surface area (TPSA) is 87.2 Å². The van der Waals surface area contributed by atoms with Crippen molar-refractivity contribution in [3.05, 3.63) is 29.8 Å². The molecule has 4 rings (SSSR count). The molecule has 2 atom stereocenters. The summed E-state index contributed by atoms with van der Waals surface area (Å²) in [5.41, 5.74) is 2.14. The molecule has 2 aliphatic rings. The number of aromatic nitrogens is 4. The summed E-state index contributed by atoms with van der Waals surface area (Å²) in [5, 5.41) is 14.0. The first-order chi connectivity index (χ1) is 11.7. The Kier molecular flexibility index (Phi) is 3.99. The van der Waals surface area contributed by atoms with Gasteiger partial charge in [-0.3, -0.25) is 9.69 Å². The zero-order valence-corrected chi connectivity index (χ0v) is 13.6. The van der Waals surface area contributed by atoms with Gasteiger partial charge in [-0.2, -0.15) is 5.21 Å². The number of amides is 1. The minimum atomic E-state index is -0.0684. The van der Waals surface area contributed by atoms with Crippen molar-refractivity contribution in [2.45, 2.75) is 12.6 Å². The Labute approximate surface area is 139 Å². The maximum atomic E-state index is 12.4. The van der Waals surface area contributed by atoms with Gasteiger partial charge in [0.1, 0.15) is 0 Å². The van der Waals surface area contributed by atoms with E-state index >= 15 is 0 Å². The number of carbonyl (C=O) groups is 1. The van der Waals surface area contributed by atoms with Crippen molar-refractivity contribution in [2.24, 2.45) is 5.92 Å². The van der Waals surface area contributed by atoms with Crippen molar-refractivity contribution < 1.29 is 9.53 Å². The number of likely N-dealkylation sites (N-methyl/N-ethyl adjacent to an activating group) is 1. The van der Waals surface area contributed by atoms with Crippen LogP contribution in [0.5, 0.6) is 0 Å². The molecule has 8 heteroatoms. The molecule has 1 aromatic carbocycles. The standard InChI is InChI=1S/C16H20N6O2/c1-21-14-8-22(7-13(16(21)23)9-24-10-14)6-11-2-4-12(5-3-11)15-17-19-20-18-15/h2-5,13-14H,6-10H2,1H3,(H,17,18,19,20)/t13-,14+/m1/s1. The molecule has 0 spiro atoms. The fraction of sp³-hybridized carbons (Fsp3) is 0.500. The normalized spacial score (nSPS) is 24.9. The molecule has 1 aromatic heterocycles. The van der Waals surface area contributed by atoms with E-state index in [4.69, 9.17) is 4.74 Å². The quantitative estimate of drug-likeness (QED) is 0.863. The van der Waals surface area contributed by atoms with E-state index in [0.717, 1.165) is 25.2 Å². The highest BCUT2D eigenvalue weighted by Crippen LogP contribution is 2.22. The van der Waals surface area contributed by atoms with E-state index in [9.17, 15) is 4.79 Å². The van der Waals surface area contributed by atoms with Crippen LogP contribution in [0.1, 0.15) is 5.56 Å². The van der Waals surface area contributed by atoms with Crippen LogP contribution in [0.25, 0.3) is 11.4 Å². The number of rotatable bonds is 3. The fourth-order valence-electron chi connectivity index (χ4n) is 3.42. The molecule has 1 amide bonds. The predicted octanol–water partition coefficient (Wildman–Crippen LogP) is 0.156. The zero-order chi connectivity index (χ0) is 16.5. The Morgan fingerprint density at radius 2 is 2.08 bits per heavy atom. The monoisotopic (exact) mass is 328 g/mol. The maximum absolute atomic E-state index is 12.4. The van der Waals surface area contributed by atoms with Crippen molar-refractivity contribution >= 4 is 5.91 Å². The number of hydrogen-bond acceptors (Lipinski definition) is 6. The summed E-state index contributed by atoms with van der Waals surface area (Å²) in [5.74, 6) is 0.726. The van der Waals surface area contributed by atoms with Gasteiger partial charge in [0.2, 0.25) is 11.7 Å². The Morgan fingerprint density at radius 3 is 2.83 bits per heavy atom. The molecular formula is C16H20N6O2. The average molecular weight is 328 g/mol. The Bertz CT molecular complexity index is 702. The molecule has 0 aliphatic carbocycles. The van der Waals surface area contributed by atoms with Crippen LogP contribution in [0.3, 0.4) is 0 Å². The van der Waals surface area contributed by atoms with Crippen LogP contribution in [0.2, 0.25) is 0 Å².